The molecule has 2 fully saturated rings. The van der Waals surface area contributed by atoms with Gasteiger partial charge in [-0.05, 0) is 60.9 Å². The molecule has 2 saturated heterocycles. The van der Waals surface area contributed by atoms with Crippen molar-refractivity contribution in [2.24, 2.45) is 0 Å². The number of morpholine rings is 1. The van der Waals surface area contributed by atoms with Gasteiger partial charge in [0, 0.05) is 48.5 Å². The standard InChI is InChI=1S/C28H27FN4O2/c1-17-11-19(13-20(29)12-17)22-15-32-23-5-4-18(27-25(34)3-2-7-31-27)14-21(23)28(22)33-9-6-26-24(16-33)30-8-10-35-26/h2-5,7,11-15,24,26,30,34H,6,8-10,16H2,1H3/t24-,26-/m1/s1. The summed E-state index contributed by atoms with van der Waals surface area (Å²) in [6, 6.07) is 14.6. The van der Waals surface area contributed by atoms with Gasteiger partial charge in [-0.25, -0.2) is 4.39 Å². The van der Waals surface area contributed by atoms with E-state index in [4.69, 9.17) is 9.72 Å². The molecule has 35 heavy (non-hydrogen) atoms. The predicted octanol–water partition coefficient (Wildman–Crippen LogP) is 4.68. The van der Waals surface area contributed by atoms with Gasteiger partial charge in [0.2, 0.25) is 0 Å². The number of hydrogen-bond acceptors (Lipinski definition) is 6. The van der Waals surface area contributed by atoms with Gasteiger partial charge >= 0.3 is 0 Å². The second-order valence-electron chi connectivity index (χ2n) is 9.35. The Labute approximate surface area is 203 Å². The average Bonchev–Trinajstić information content (AvgIpc) is 2.87. The maximum absolute atomic E-state index is 14.5. The number of aromatic hydroxyl groups is 1. The van der Waals surface area contributed by atoms with Gasteiger partial charge in [0.15, 0.2) is 0 Å². The maximum Gasteiger partial charge on any atom is 0.141 e. The highest BCUT2D eigenvalue weighted by Crippen LogP contribution is 2.40. The molecule has 2 aliphatic heterocycles. The highest BCUT2D eigenvalue weighted by Gasteiger charge is 2.33. The third-order valence-electron chi connectivity index (χ3n) is 6.96. The first-order valence-electron chi connectivity index (χ1n) is 12.0. The van der Waals surface area contributed by atoms with E-state index in [9.17, 15) is 9.50 Å². The first kappa shape index (κ1) is 21.9. The Morgan fingerprint density at radius 3 is 2.89 bits per heavy atom. The number of pyridine rings is 2. The summed E-state index contributed by atoms with van der Waals surface area (Å²) in [5.41, 5.74) is 5.73. The van der Waals surface area contributed by atoms with Crippen LogP contribution < -0.4 is 10.2 Å². The summed E-state index contributed by atoms with van der Waals surface area (Å²) >= 11 is 0. The van der Waals surface area contributed by atoms with Gasteiger partial charge in [-0.2, -0.15) is 0 Å². The number of fused-ring (bicyclic) bond motifs is 2. The lowest BCUT2D eigenvalue weighted by Gasteiger charge is -2.43. The van der Waals surface area contributed by atoms with E-state index in [1.165, 1.54) is 6.07 Å². The van der Waals surface area contributed by atoms with Gasteiger partial charge in [-0.15, -0.1) is 0 Å². The first-order valence-corrected chi connectivity index (χ1v) is 12.0. The summed E-state index contributed by atoms with van der Waals surface area (Å²) in [6.07, 6.45) is 4.63. The molecule has 0 unspecified atom stereocenters. The van der Waals surface area contributed by atoms with Crippen LogP contribution in [0.25, 0.3) is 33.3 Å². The molecular formula is C28H27FN4O2. The van der Waals surface area contributed by atoms with E-state index in [-0.39, 0.29) is 23.7 Å². The highest BCUT2D eigenvalue weighted by molar-refractivity contribution is 6.01. The monoisotopic (exact) mass is 470 g/mol. The summed E-state index contributed by atoms with van der Waals surface area (Å²) in [5, 5.41) is 15.0. The molecule has 6 nitrogen and oxygen atoms in total. The zero-order chi connectivity index (χ0) is 23.9. The smallest absolute Gasteiger partial charge is 0.141 e. The normalized spacial score (nSPS) is 20.1. The van der Waals surface area contributed by atoms with Crippen molar-refractivity contribution < 1.29 is 14.2 Å². The minimum absolute atomic E-state index is 0.127. The summed E-state index contributed by atoms with van der Waals surface area (Å²) in [7, 11) is 0. The van der Waals surface area contributed by atoms with Crippen molar-refractivity contribution >= 4 is 16.6 Å². The number of rotatable bonds is 3. The number of aromatic nitrogens is 2. The van der Waals surface area contributed by atoms with E-state index < -0.39 is 0 Å². The lowest BCUT2D eigenvalue weighted by molar-refractivity contribution is -0.0134. The van der Waals surface area contributed by atoms with Gasteiger partial charge in [0.1, 0.15) is 17.3 Å². The number of ether oxygens (including phenoxy) is 1. The molecular weight excluding hydrogens is 443 g/mol. The van der Waals surface area contributed by atoms with E-state index in [0.717, 1.165) is 71.5 Å². The largest absolute Gasteiger partial charge is 0.506 e. The van der Waals surface area contributed by atoms with Crippen molar-refractivity contribution in [1.29, 1.82) is 0 Å². The van der Waals surface area contributed by atoms with Crippen LogP contribution in [0.1, 0.15) is 12.0 Å². The van der Waals surface area contributed by atoms with Crippen LogP contribution in [0.15, 0.2) is 60.9 Å². The third-order valence-corrected chi connectivity index (χ3v) is 6.96. The molecule has 0 spiro atoms. The van der Waals surface area contributed by atoms with Crippen LogP contribution in [0.4, 0.5) is 10.1 Å². The Kier molecular flexibility index (Phi) is 5.59. The quantitative estimate of drug-likeness (QED) is 0.453. The van der Waals surface area contributed by atoms with Crippen molar-refractivity contribution in [1.82, 2.24) is 15.3 Å². The molecule has 0 saturated carbocycles. The molecule has 7 heteroatoms. The molecule has 2 N–H and O–H groups in total. The van der Waals surface area contributed by atoms with Crippen molar-refractivity contribution in [2.75, 3.05) is 31.1 Å². The number of nitrogens with zero attached hydrogens (tertiary/aromatic N) is 3. The summed E-state index contributed by atoms with van der Waals surface area (Å²) in [5.74, 6) is -0.137. The molecule has 178 valence electrons. The highest BCUT2D eigenvalue weighted by atomic mass is 19.1. The third kappa shape index (κ3) is 4.11. The van der Waals surface area contributed by atoms with E-state index in [0.29, 0.717) is 5.69 Å². The van der Waals surface area contributed by atoms with Crippen LogP contribution in [-0.2, 0) is 4.74 Å². The van der Waals surface area contributed by atoms with Gasteiger partial charge in [0.05, 0.1) is 30.0 Å². The molecule has 4 heterocycles. The van der Waals surface area contributed by atoms with Crippen molar-refractivity contribution in [3.8, 4) is 28.1 Å². The molecule has 0 radical (unpaired) electrons. The number of aryl methyl sites for hydroxylation is 1. The molecule has 0 bridgehead atoms. The molecule has 2 aliphatic rings. The Hall–Kier alpha value is -3.55. The molecule has 0 amide bonds. The first-order chi connectivity index (χ1) is 17.1. The number of hydrogen-bond donors (Lipinski definition) is 2. The van der Waals surface area contributed by atoms with Crippen molar-refractivity contribution in [3.63, 3.8) is 0 Å². The van der Waals surface area contributed by atoms with Crippen LogP contribution in [-0.4, -0.2) is 53.5 Å². The number of nitrogens with one attached hydrogen (secondary N) is 1. The fraction of sp³-hybridized carbons (Fsp3) is 0.286. The van der Waals surface area contributed by atoms with E-state index in [2.05, 4.69) is 15.2 Å². The van der Waals surface area contributed by atoms with Gasteiger partial charge in [-0.1, -0.05) is 12.1 Å². The SMILES string of the molecule is Cc1cc(F)cc(-c2cnc3ccc(-c4ncccc4O)cc3c2N2CC[C@H]3OCCN[C@@H]3C2)c1. The molecule has 2 aromatic heterocycles. The predicted molar refractivity (Wildman–Crippen MR) is 135 cm³/mol. The van der Waals surface area contributed by atoms with Crippen LogP contribution >= 0.6 is 0 Å². The minimum Gasteiger partial charge on any atom is -0.506 e. The van der Waals surface area contributed by atoms with Gasteiger partial charge in [0.25, 0.3) is 0 Å². The topological polar surface area (TPSA) is 70.5 Å². The van der Waals surface area contributed by atoms with Crippen molar-refractivity contribution in [3.05, 3.63) is 72.3 Å². The second kappa shape index (κ2) is 8.91. The summed E-state index contributed by atoms with van der Waals surface area (Å²) in [4.78, 5) is 11.5. The van der Waals surface area contributed by atoms with Crippen molar-refractivity contribution in [2.45, 2.75) is 25.5 Å². The second-order valence-corrected chi connectivity index (χ2v) is 9.35. The Morgan fingerprint density at radius 1 is 1.11 bits per heavy atom. The molecule has 2 atom stereocenters. The minimum atomic E-state index is -0.265. The van der Waals surface area contributed by atoms with E-state index in [1.54, 1.807) is 24.4 Å². The zero-order valence-corrected chi connectivity index (χ0v) is 19.5. The molecule has 6 rings (SSSR count). The summed E-state index contributed by atoms with van der Waals surface area (Å²) < 4.78 is 20.5. The maximum atomic E-state index is 14.5. The molecule has 0 aliphatic carbocycles. The van der Waals surface area contributed by atoms with Gasteiger partial charge in [-0.3, -0.25) is 9.97 Å². The van der Waals surface area contributed by atoms with E-state index in [1.807, 2.05) is 37.4 Å². The van der Waals surface area contributed by atoms with Crippen LogP contribution in [0.3, 0.4) is 0 Å². The average molecular weight is 471 g/mol. The Balaban J connectivity index is 1.55. The lowest BCUT2D eigenvalue weighted by Crippen LogP contribution is -2.58. The summed E-state index contributed by atoms with van der Waals surface area (Å²) in [6.45, 7) is 5.08. The van der Waals surface area contributed by atoms with Crippen LogP contribution in [0.2, 0.25) is 0 Å². The fourth-order valence-corrected chi connectivity index (χ4v) is 5.37. The lowest BCUT2D eigenvalue weighted by atomic mass is 9.94. The van der Waals surface area contributed by atoms with Crippen LogP contribution in [0.5, 0.6) is 5.75 Å². The Bertz CT molecular complexity index is 1390. The fourth-order valence-electron chi connectivity index (χ4n) is 5.37. The molecule has 4 aromatic rings. The van der Waals surface area contributed by atoms with E-state index >= 15 is 0 Å². The van der Waals surface area contributed by atoms with Crippen LogP contribution in [0, 0.1) is 12.7 Å². The molecule has 2 aromatic carbocycles. The number of halogens is 1. The number of anilines is 1. The van der Waals surface area contributed by atoms with Gasteiger partial charge < -0.3 is 20.1 Å². The number of piperidine rings is 1. The Morgan fingerprint density at radius 2 is 2.03 bits per heavy atom. The zero-order valence-electron chi connectivity index (χ0n) is 19.5. The number of benzene rings is 2.